The molecular weight excluding hydrogens is 361 g/mol. The quantitative estimate of drug-likeness (QED) is 0.755. The van der Waals surface area contributed by atoms with Gasteiger partial charge in [0.2, 0.25) is 0 Å². The van der Waals surface area contributed by atoms with E-state index in [0.717, 1.165) is 44.6 Å². The molecule has 138 valence electrons. The molecule has 0 aliphatic carbocycles. The molecule has 2 aromatic rings. The average molecular weight is 380 g/mol. The molecule has 3 nitrogen and oxygen atoms in total. The van der Waals surface area contributed by atoms with Crippen LogP contribution in [0.25, 0.3) is 0 Å². The molecule has 0 radical (unpaired) electrons. The molecule has 1 aromatic heterocycles. The van der Waals surface area contributed by atoms with Gasteiger partial charge in [-0.15, -0.1) is 0 Å². The van der Waals surface area contributed by atoms with E-state index >= 15 is 0 Å². The number of benzene rings is 1. The summed E-state index contributed by atoms with van der Waals surface area (Å²) < 4.78 is 38.8. The first-order valence-corrected chi connectivity index (χ1v) is 9.54. The zero-order valence-electron chi connectivity index (χ0n) is 14.1. The van der Waals surface area contributed by atoms with Crippen molar-refractivity contribution in [3.05, 3.63) is 57.8 Å². The van der Waals surface area contributed by atoms with E-state index in [0.29, 0.717) is 17.7 Å². The maximum atomic E-state index is 12.9. The zero-order valence-corrected chi connectivity index (χ0v) is 14.9. The maximum absolute atomic E-state index is 12.9. The molecule has 0 unspecified atom stereocenters. The Kier molecular flexibility index (Phi) is 4.52. The third kappa shape index (κ3) is 3.64. The topological polar surface area (TPSA) is 24.8 Å². The van der Waals surface area contributed by atoms with Crippen LogP contribution in [0.5, 0.6) is 0 Å². The van der Waals surface area contributed by atoms with Crippen LogP contribution in [0.3, 0.4) is 0 Å². The van der Waals surface area contributed by atoms with Crippen LogP contribution in [0.15, 0.2) is 46.2 Å². The number of hydrogen-bond acceptors (Lipinski definition) is 4. The van der Waals surface area contributed by atoms with Crippen LogP contribution in [-0.4, -0.2) is 29.3 Å². The number of hydrogen-bond donors (Lipinski definition) is 0. The Labute approximate surface area is 154 Å². The smallest absolute Gasteiger partial charge is 0.388 e. The molecule has 0 saturated carbocycles. The second-order valence-corrected chi connectivity index (χ2v) is 7.76. The summed E-state index contributed by atoms with van der Waals surface area (Å²) in [6.07, 6.45) is -2.10. The van der Waals surface area contributed by atoms with Crippen molar-refractivity contribution in [1.29, 1.82) is 0 Å². The first-order chi connectivity index (χ1) is 12.4. The third-order valence-corrected chi connectivity index (χ3v) is 5.85. The minimum Gasteiger partial charge on any atom is -0.388 e. The molecule has 0 N–H and O–H groups in total. The fraction of sp³-hybridized carbons (Fsp3) is 0.421. The van der Waals surface area contributed by atoms with E-state index in [1.54, 1.807) is 17.4 Å². The van der Waals surface area contributed by atoms with Crippen molar-refractivity contribution in [2.45, 2.75) is 37.6 Å². The van der Waals surface area contributed by atoms with Gasteiger partial charge >= 0.3 is 6.18 Å². The molecule has 4 rings (SSSR count). The van der Waals surface area contributed by atoms with Crippen molar-refractivity contribution >= 4 is 17.0 Å². The van der Waals surface area contributed by atoms with Crippen LogP contribution in [0.1, 0.15) is 36.0 Å². The molecule has 1 spiro atoms. The number of likely N-dealkylation sites (tertiary alicyclic amines) is 1. The van der Waals surface area contributed by atoms with Crippen LogP contribution < -0.4 is 0 Å². The fourth-order valence-corrected chi connectivity index (χ4v) is 4.24. The van der Waals surface area contributed by atoms with E-state index in [1.807, 2.05) is 0 Å². The van der Waals surface area contributed by atoms with Crippen molar-refractivity contribution in [2.75, 3.05) is 13.1 Å². The molecular formula is C19H19F3N2OS. The summed E-state index contributed by atoms with van der Waals surface area (Å²) in [7, 11) is 0. The number of piperidine rings is 1. The van der Waals surface area contributed by atoms with Gasteiger partial charge in [-0.2, -0.15) is 24.5 Å². The zero-order chi connectivity index (χ0) is 18.2. The molecule has 1 aromatic carbocycles. The van der Waals surface area contributed by atoms with Crippen LogP contribution in [0.2, 0.25) is 0 Å². The Hall–Kier alpha value is -1.86. The number of thiophene rings is 1. The predicted molar refractivity (Wildman–Crippen MR) is 95.2 cm³/mol. The van der Waals surface area contributed by atoms with Gasteiger partial charge < -0.3 is 4.84 Å². The number of rotatable bonds is 3. The SMILES string of the molecule is FC(F)(F)c1cccc(C2=NOC3(CCN(Cc4ccsc4)CC3)C2)c1. The molecule has 0 atom stereocenters. The molecule has 2 aliphatic rings. The van der Waals surface area contributed by atoms with E-state index in [2.05, 4.69) is 26.9 Å². The van der Waals surface area contributed by atoms with E-state index in [1.165, 1.54) is 11.6 Å². The lowest BCUT2D eigenvalue weighted by molar-refractivity contribution is -0.137. The van der Waals surface area contributed by atoms with Crippen LogP contribution in [0.4, 0.5) is 13.2 Å². The van der Waals surface area contributed by atoms with Crippen molar-refractivity contribution in [3.8, 4) is 0 Å². The van der Waals surface area contributed by atoms with Gasteiger partial charge in [0, 0.05) is 44.5 Å². The lowest BCUT2D eigenvalue weighted by Crippen LogP contribution is -2.44. The summed E-state index contributed by atoms with van der Waals surface area (Å²) in [5.74, 6) is 0. The van der Waals surface area contributed by atoms with Gasteiger partial charge in [0.1, 0.15) is 5.60 Å². The molecule has 1 saturated heterocycles. The van der Waals surface area contributed by atoms with Gasteiger partial charge in [0.05, 0.1) is 11.3 Å². The minimum absolute atomic E-state index is 0.366. The normalized spacial score (nSPS) is 20.2. The van der Waals surface area contributed by atoms with Gasteiger partial charge in [-0.25, -0.2) is 0 Å². The van der Waals surface area contributed by atoms with E-state index in [9.17, 15) is 13.2 Å². The molecule has 3 heterocycles. The Morgan fingerprint density at radius 3 is 2.69 bits per heavy atom. The number of alkyl halides is 3. The summed E-state index contributed by atoms with van der Waals surface area (Å²) in [4.78, 5) is 8.13. The first kappa shape index (κ1) is 17.5. The molecule has 2 aliphatic heterocycles. The molecule has 0 bridgehead atoms. The lowest BCUT2D eigenvalue weighted by atomic mass is 9.85. The molecule has 1 fully saturated rings. The summed E-state index contributed by atoms with van der Waals surface area (Å²) in [5.41, 5.74) is 1.41. The van der Waals surface area contributed by atoms with Gasteiger partial charge in [-0.05, 0) is 34.5 Å². The highest BCUT2D eigenvalue weighted by Crippen LogP contribution is 2.37. The first-order valence-electron chi connectivity index (χ1n) is 8.60. The van der Waals surface area contributed by atoms with Crippen LogP contribution in [-0.2, 0) is 17.6 Å². The monoisotopic (exact) mass is 380 g/mol. The Morgan fingerprint density at radius 2 is 2.00 bits per heavy atom. The summed E-state index contributed by atoms with van der Waals surface area (Å²) in [5, 5.41) is 8.38. The average Bonchev–Trinajstić information content (AvgIpc) is 3.27. The Morgan fingerprint density at radius 1 is 1.19 bits per heavy atom. The second-order valence-electron chi connectivity index (χ2n) is 6.98. The third-order valence-electron chi connectivity index (χ3n) is 5.12. The number of halogens is 3. The van der Waals surface area contributed by atoms with E-state index in [-0.39, 0.29) is 5.60 Å². The summed E-state index contributed by atoms with van der Waals surface area (Å²) >= 11 is 1.70. The van der Waals surface area contributed by atoms with Crippen molar-refractivity contribution < 1.29 is 18.0 Å². The van der Waals surface area contributed by atoms with Crippen molar-refractivity contribution in [1.82, 2.24) is 4.90 Å². The molecule has 0 amide bonds. The highest BCUT2D eigenvalue weighted by atomic mass is 32.1. The Balaban J connectivity index is 1.39. The second kappa shape index (κ2) is 6.70. The predicted octanol–water partition coefficient (Wildman–Crippen LogP) is 4.93. The highest BCUT2D eigenvalue weighted by Gasteiger charge is 2.42. The van der Waals surface area contributed by atoms with Crippen molar-refractivity contribution in [2.24, 2.45) is 5.16 Å². The largest absolute Gasteiger partial charge is 0.416 e. The molecule has 26 heavy (non-hydrogen) atoms. The Bertz CT molecular complexity index is 793. The van der Waals surface area contributed by atoms with E-state index in [4.69, 9.17) is 4.84 Å². The van der Waals surface area contributed by atoms with E-state index < -0.39 is 11.7 Å². The summed E-state index contributed by atoms with van der Waals surface area (Å²) in [6, 6.07) is 7.47. The van der Waals surface area contributed by atoms with Crippen molar-refractivity contribution in [3.63, 3.8) is 0 Å². The van der Waals surface area contributed by atoms with Gasteiger partial charge in [-0.3, -0.25) is 4.90 Å². The lowest BCUT2D eigenvalue weighted by Gasteiger charge is -2.37. The standard InChI is InChI=1S/C19H19F3N2OS/c20-19(21,22)16-3-1-2-15(10-16)17-11-18(25-23-17)5-7-24(8-6-18)12-14-4-9-26-13-14/h1-4,9-10,13H,5-8,11-12H2. The van der Waals surface area contributed by atoms with Gasteiger partial charge in [0.25, 0.3) is 0 Å². The minimum atomic E-state index is -4.35. The summed E-state index contributed by atoms with van der Waals surface area (Å²) in [6.45, 7) is 2.74. The number of oxime groups is 1. The maximum Gasteiger partial charge on any atom is 0.416 e. The fourth-order valence-electron chi connectivity index (χ4n) is 3.58. The highest BCUT2D eigenvalue weighted by molar-refractivity contribution is 7.07. The van der Waals surface area contributed by atoms with Crippen LogP contribution in [0, 0.1) is 0 Å². The number of nitrogens with zero attached hydrogens (tertiary/aromatic N) is 2. The molecule has 7 heteroatoms. The van der Waals surface area contributed by atoms with Gasteiger partial charge in [0.15, 0.2) is 0 Å². The van der Waals surface area contributed by atoms with Crippen LogP contribution >= 0.6 is 11.3 Å². The van der Waals surface area contributed by atoms with Gasteiger partial charge in [-0.1, -0.05) is 17.3 Å².